The Morgan fingerprint density at radius 2 is 1.57 bits per heavy atom. The lowest BCUT2D eigenvalue weighted by atomic mass is 10.1. The molecule has 0 aliphatic heterocycles. The first-order valence-corrected chi connectivity index (χ1v) is 12.5. The summed E-state index contributed by atoms with van der Waals surface area (Å²) in [6.45, 7) is 5.86. The predicted molar refractivity (Wildman–Crippen MR) is 136 cm³/mol. The number of carbonyl (C=O) groups excluding carboxylic acids is 1. The molecule has 0 radical (unpaired) electrons. The van der Waals surface area contributed by atoms with Crippen molar-refractivity contribution in [1.29, 1.82) is 0 Å². The molecule has 0 saturated heterocycles. The van der Waals surface area contributed by atoms with Crippen LogP contribution in [-0.2, 0) is 14.8 Å². The summed E-state index contributed by atoms with van der Waals surface area (Å²) >= 11 is 0. The number of sulfonamides is 1. The molecule has 9 heteroatoms. The first-order chi connectivity index (χ1) is 16.7. The van der Waals surface area contributed by atoms with Crippen molar-refractivity contribution in [3.05, 3.63) is 71.8 Å². The summed E-state index contributed by atoms with van der Waals surface area (Å²) in [4.78, 5) is 12.8. The zero-order valence-corrected chi connectivity index (χ0v) is 21.2. The molecular weight excluding hydrogens is 468 g/mol. The number of rotatable bonds is 10. The second-order valence-corrected chi connectivity index (χ2v) is 9.63. The van der Waals surface area contributed by atoms with Crippen molar-refractivity contribution in [2.75, 3.05) is 24.3 Å². The van der Waals surface area contributed by atoms with Crippen LogP contribution >= 0.6 is 0 Å². The van der Waals surface area contributed by atoms with Gasteiger partial charge in [0.2, 0.25) is 0 Å². The van der Waals surface area contributed by atoms with E-state index in [1.807, 2.05) is 39.0 Å². The van der Waals surface area contributed by atoms with Gasteiger partial charge in [-0.15, -0.1) is 0 Å². The maximum absolute atomic E-state index is 12.9. The number of ether oxygens (including phenoxy) is 3. The van der Waals surface area contributed by atoms with Crippen LogP contribution in [-0.4, -0.2) is 34.6 Å². The van der Waals surface area contributed by atoms with E-state index >= 15 is 0 Å². The molecule has 186 valence electrons. The molecule has 8 nitrogen and oxygen atoms in total. The molecule has 0 aromatic heterocycles. The Morgan fingerprint density at radius 1 is 0.886 bits per heavy atom. The molecule has 0 aliphatic carbocycles. The molecule has 0 aliphatic rings. The molecule has 0 spiro atoms. The third kappa shape index (κ3) is 6.45. The molecule has 0 bridgehead atoms. The fraction of sp³-hybridized carbons (Fsp3) is 0.269. The third-order valence-electron chi connectivity index (χ3n) is 5.51. The molecule has 0 unspecified atom stereocenters. The van der Waals surface area contributed by atoms with E-state index < -0.39 is 16.1 Å². The van der Waals surface area contributed by atoms with E-state index in [1.54, 1.807) is 18.2 Å². The van der Waals surface area contributed by atoms with E-state index in [0.29, 0.717) is 29.4 Å². The highest BCUT2D eigenvalue weighted by Crippen LogP contribution is 2.31. The summed E-state index contributed by atoms with van der Waals surface area (Å²) < 4.78 is 44.5. The van der Waals surface area contributed by atoms with Gasteiger partial charge in [0.15, 0.2) is 6.10 Å². The van der Waals surface area contributed by atoms with E-state index in [1.165, 1.54) is 38.5 Å². The molecule has 0 saturated carbocycles. The molecule has 3 aromatic carbocycles. The van der Waals surface area contributed by atoms with Crippen molar-refractivity contribution in [2.24, 2.45) is 0 Å². The van der Waals surface area contributed by atoms with Crippen LogP contribution < -0.4 is 24.2 Å². The van der Waals surface area contributed by atoms with Gasteiger partial charge in [-0.2, -0.15) is 0 Å². The second-order valence-electron chi connectivity index (χ2n) is 7.95. The highest BCUT2D eigenvalue weighted by Gasteiger charge is 2.20. The highest BCUT2D eigenvalue weighted by molar-refractivity contribution is 7.92. The van der Waals surface area contributed by atoms with Crippen molar-refractivity contribution in [3.63, 3.8) is 0 Å². The predicted octanol–water partition coefficient (Wildman–Crippen LogP) is 4.92. The maximum Gasteiger partial charge on any atom is 0.265 e. The lowest BCUT2D eigenvalue weighted by Gasteiger charge is -2.18. The topological polar surface area (TPSA) is 103 Å². The summed E-state index contributed by atoms with van der Waals surface area (Å²) in [6.07, 6.45) is -0.219. The van der Waals surface area contributed by atoms with Gasteiger partial charge in [0.1, 0.15) is 17.2 Å². The lowest BCUT2D eigenvalue weighted by Crippen LogP contribution is -2.32. The Balaban J connectivity index is 1.69. The Hall–Kier alpha value is -3.72. The molecule has 2 N–H and O–H groups in total. The van der Waals surface area contributed by atoms with Gasteiger partial charge in [-0.25, -0.2) is 8.42 Å². The van der Waals surface area contributed by atoms with Crippen molar-refractivity contribution < 1.29 is 27.4 Å². The lowest BCUT2D eigenvalue weighted by molar-refractivity contribution is -0.122. The van der Waals surface area contributed by atoms with Crippen molar-refractivity contribution in [3.8, 4) is 17.2 Å². The fourth-order valence-electron chi connectivity index (χ4n) is 3.30. The molecule has 0 fully saturated rings. The molecule has 3 aromatic rings. The molecular formula is C26H30N2O6S. The number of anilines is 2. The quantitative estimate of drug-likeness (QED) is 0.411. The number of aryl methyl sites for hydroxylation is 2. The van der Waals surface area contributed by atoms with Gasteiger partial charge < -0.3 is 19.5 Å². The van der Waals surface area contributed by atoms with E-state index in [-0.39, 0.29) is 16.5 Å². The zero-order chi connectivity index (χ0) is 25.6. The summed E-state index contributed by atoms with van der Waals surface area (Å²) in [5, 5.41) is 2.79. The van der Waals surface area contributed by atoms with E-state index in [4.69, 9.17) is 14.2 Å². The average molecular weight is 499 g/mol. The van der Waals surface area contributed by atoms with Crippen LogP contribution in [0.15, 0.2) is 65.6 Å². The van der Waals surface area contributed by atoms with E-state index in [2.05, 4.69) is 10.0 Å². The molecule has 3 rings (SSSR count). The number of carbonyl (C=O) groups is 1. The second kappa shape index (κ2) is 11.1. The molecule has 1 amide bonds. The van der Waals surface area contributed by atoms with Crippen LogP contribution in [0.3, 0.4) is 0 Å². The highest BCUT2D eigenvalue weighted by atomic mass is 32.2. The molecule has 35 heavy (non-hydrogen) atoms. The minimum absolute atomic E-state index is 0.0341. The number of amides is 1. The third-order valence-corrected chi connectivity index (χ3v) is 6.89. The number of methoxy groups -OCH3 is 2. The van der Waals surface area contributed by atoms with Crippen LogP contribution in [0.25, 0.3) is 0 Å². The summed E-state index contributed by atoms with van der Waals surface area (Å²) in [5.74, 6) is 1.17. The van der Waals surface area contributed by atoms with Crippen molar-refractivity contribution in [1.82, 2.24) is 0 Å². The first-order valence-electron chi connectivity index (χ1n) is 11.1. The standard InChI is InChI=1S/C26H30N2O6S/c1-6-24(34-21-10-7-17(2)18(3)15-21)26(29)27-19-8-12-22(13-9-19)35(30,31)28-23-14-11-20(32-4)16-25(23)33-5/h7-16,24,28H,6H2,1-5H3,(H,27,29)/t24-/m1/s1. The van der Waals surface area contributed by atoms with Crippen LogP contribution in [0.4, 0.5) is 11.4 Å². The van der Waals surface area contributed by atoms with Gasteiger partial charge >= 0.3 is 0 Å². The van der Waals surface area contributed by atoms with E-state index in [9.17, 15) is 13.2 Å². The summed E-state index contributed by atoms with van der Waals surface area (Å²) in [7, 11) is -0.935. The Labute approximate surface area is 206 Å². The largest absolute Gasteiger partial charge is 0.497 e. The van der Waals surface area contributed by atoms with Gasteiger partial charge in [0.05, 0.1) is 24.8 Å². The summed E-state index contributed by atoms with van der Waals surface area (Å²) in [6, 6.07) is 16.3. The van der Waals surface area contributed by atoms with Gasteiger partial charge in [0, 0.05) is 11.8 Å². The van der Waals surface area contributed by atoms with E-state index in [0.717, 1.165) is 11.1 Å². The maximum atomic E-state index is 12.9. The zero-order valence-electron chi connectivity index (χ0n) is 20.4. The van der Waals surface area contributed by atoms with Crippen molar-refractivity contribution >= 4 is 27.3 Å². The Kier molecular flexibility index (Phi) is 8.24. The minimum atomic E-state index is -3.89. The normalized spacial score (nSPS) is 11.9. The average Bonchev–Trinajstić information content (AvgIpc) is 2.85. The molecule has 0 heterocycles. The monoisotopic (exact) mass is 498 g/mol. The first kappa shape index (κ1) is 25.9. The minimum Gasteiger partial charge on any atom is -0.497 e. The summed E-state index contributed by atoms with van der Waals surface area (Å²) in [5.41, 5.74) is 2.96. The fourth-order valence-corrected chi connectivity index (χ4v) is 4.37. The molecule has 1 atom stereocenters. The number of hydrogen-bond donors (Lipinski definition) is 2. The van der Waals surface area contributed by atoms with Gasteiger partial charge in [-0.3, -0.25) is 9.52 Å². The SMILES string of the molecule is CC[C@@H](Oc1ccc(C)c(C)c1)C(=O)Nc1ccc(S(=O)(=O)Nc2ccc(OC)cc2OC)cc1. The number of nitrogens with one attached hydrogen (secondary N) is 2. The van der Waals surface area contributed by atoms with Crippen LogP contribution in [0.2, 0.25) is 0 Å². The van der Waals surface area contributed by atoms with Crippen LogP contribution in [0, 0.1) is 13.8 Å². The Bertz CT molecular complexity index is 1290. The number of hydrogen-bond acceptors (Lipinski definition) is 6. The van der Waals surface area contributed by atoms with Gasteiger partial charge in [-0.1, -0.05) is 13.0 Å². The van der Waals surface area contributed by atoms with Gasteiger partial charge in [-0.05, 0) is 79.9 Å². The van der Waals surface area contributed by atoms with Crippen LogP contribution in [0.5, 0.6) is 17.2 Å². The van der Waals surface area contributed by atoms with Gasteiger partial charge in [0.25, 0.3) is 15.9 Å². The van der Waals surface area contributed by atoms with Crippen LogP contribution in [0.1, 0.15) is 24.5 Å². The number of benzene rings is 3. The Morgan fingerprint density at radius 3 is 2.17 bits per heavy atom. The van der Waals surface area contributed by atoms with Crippen molar-refractivity contribution in [2.45, 2.75) is 38.2 Å². The smallest absolute Gasteiger partial charge is 0.265 e.